The molecule has 0 saturated heterocycles. The fraction of sp³-hybridized carbons (Fsp3) is 0.739. The minimum absolute atomic E-state index is 0.268. The van der Waals surface area contributed by atoms with Gasteiger partial charge in [0.2, 0.25) is 0 Å². The summed E-state index contributed by atoms with van der Waals surface area (Å²) in [7, 11) is 0. The van der Waals surface area contributed by atoms with Crippen LogP contribution in [0, 0.1) is 5.92 Å². The first-order chi connectivity index (χ1) is 12.7. The van der Waals surface area contributed by atoms with Crippen molar-refractivity contribution in [2.45, 2.75) is 103 Å². The summed E-state index contributed by atoms with van der Waals surface area (Å²) >= 11 is 0. The Bertz CT molecular complexity index is 447. The van der Waals surface area contributed by atoms with Crippen LogP contribution in [0.15, 0.2) is 30.6 Å². The van der Waals surface area contributed by atoms with Crippen molar-refractivity contribution < 1.29 is 14.5 Å². The Morgan fingerprint density at radius 2 is 1.23 bits per heavy atom. The first kappa shape index (κ1) is 22.7. The fourth-order valence-electron chi connectivity index (χ4n) is 3.51. The molecule has 0 aliphatic heterocycles. The molecule has 1 atom stereocenters. The van der Waals surface area contributed by atoms with Crippen molar-refractivity contribution in [3.8, 4) is 0 Å². The lowest BCUT2D eigenvalue weighted by molar-refractivity contribution is -0.701. The van der Waals surface area contributed by atoms with E-state index in [4.69, 9.17) is 0 Å². The van der Waals surface area contributed by atoms with Gasteiger partial charge in [-0.25, -0.2) is 4.57 Å². The Hall–Kier alpha value is -1.38. The number of carboxylic acids is 1. The molecular weight excluding hydrogens is 322 g/mol. The molecule has 26 heavy (non-hydrogen) atoms. The molecule has 0 bridgehead atoms. The van der Waals surface area contributed by atoms with E-state index in [2.05, 4.69) is 6.92 Å². The van der Waals surface area contributed by atoms with Gasteiger partial charge in [-0.1, -0.05) is 96.5 Å². The molecule has 0 aliphatic rings. The van der Waals surface area contributed by atoms with Gasteiger partial charge in [0.05, 0.1) is 0 Å². The van der Waals surface area contributed by atoms with E-state index in [9.17, 15) is 9.90 Å². The predicted molar refractivity (Wildman–Crippen MR) is 108 cm³/mol. The summed E-state index contributed by atoms with van der Waals surface area (Å²) in [6.07, 6.45) is 21.9. The van der Waals surface area contributed by atoms with Crippen molar-refractivity contribution in [2.24, 2.45) is 5.92 Å². The van der Waals surface area contributed by atoms with E-state index in [1.807, 2.05) is 35.2 Å². The van der Waals surface area contributed by atoms with Gasteiger partial charge in [-0.05, 0) is 6.42 Å². The third-order valence-corrected chi connectivity index (χ3v) is 5.21. The molecule has 0 amide bonds. The summed E-state index contributed by atoms with van der Waals surface area (Å²) in [4.78, 5) is 11.4. The fourth-order valence-corrected chi connectivity index (χ4v) is 3.51. The van der Waals surface area contributed by atoms with Crippen molar-refractivity contribution >= 4 is 5.97 Å². The molecule has 0 spiro atoms. The van der Waals surface area contributed by atoms with Gasteiger partial charge in [0.15, 0.2) is 18.9 Å². The van der Waals surface area contributed by atoms with E-state index in [0.29, 0.717) is 6.54 Å². The zero-order valence-corrected chi connectivity index (χ0v) is 16.9. The number of carbonyl (C=O) groups is 1. The van der Waals surface area contributed by atoms with Gasteiger partial charge in [-0.15, -0.1) is 0 Å². The molecular formula is C23H40NO2+. The van der Waals surface area contributed by atoms with E-state index in [1.165, 1.54) is 77.0 Å². The molecule has 0 aliphatic carbocycles. The first-order valence-electron chi connectivity index (χ1n) is 10.9. The molecule has 1 N–H and O–H groups in total. The van der Waals surface area contributed by atoms with Crippen LogP contribution in [-0.4, -0.2) is 11.1 Å². The lowest BCUT2D eigenvalue weighted by atomic mass is 9.99. The summed E-state index contributed by atoms with van der Waals surface area (Å²) in [5.41, 5.74) is 0. The molecule has 3 heteroatoms. The summed E-state index contributed by atoms with van der Waals surface area (Å²) < 4.78 is 1.97. The smallest absolute Gasteiger partial charge is 0.312 e. The number of hydrogen-bond donors (Lipinski definition) is 1. The quantitative estimate of drug-likeness (QED) is 0.266. The van der Waals surface area contributed by atoms with Crippen LogP contribution in [0.5, 0.6) is 0 Å². The minimum atomic E-state index is -0.666. The average molecular weight is 363 g/mol. The Labute approximate surface area is 160 Å². The van der Waals surface area contributed by atoms with Crippen molar-refractivity contribution in [2.75, 3.05) is 0 Å². The number of pyridine rings is 1. The number of hydrogen-bond acceptors (Lipinski definition) is 1. The SMILES string of the molecule is CCCCCCCCCCCCCCCC(C[n+]1ccccc1)C(=O)O. The summed E-state index contributed by atoms with van der Waals surface area (Å²) in [6, 6.07) is 5.85. The molecule has 1 aromatic heterocycles. The Morgan fingerprint density at radius 3 is 1.69 bits per heavy atom. The number of carboxylic acid groups (broad SMARTS) is 1. The topological polar surface area (TPSA) is 41.2 Å². The molecule has 0 fully saturated rings. The van der Waals surface area contributed by atoms with Crippen molar-refractivity contribution in [1.29, 1.82) is 0 Å². The molecule has 1 heterocycles. The normalized spacial score (nSPS) is 12.2. The zero-order valence-electron chi connectivity index (χ0n) is 16.9. The van der Waals surface area contributed by atoms with E-state index < -0.39 is 5.97 Å². The van der Waals surface area contributed by atoms with Crippen LogP contribution in [0.3, 0.4) is 0 Å². The van der Waals surface area contributed by atoms with E-state index in [-0.39, 0.29) is 5.92 Å². The second-order valence-corrected chi connectivity index (χ2v) is 7.64. The van der Waals surface area contributed by atoms with Crippen LogP contribution in [0.25, 0.3) is 0 Å². The standard InChI is InChI=1S/C23H39NO2/c1-2-3-4-5-6-7-8-9-10-11-12-13-15-18-22(23(25)26)21-24-19-16-14-17-20-24/h14,16-17,19-20,22H,2-13,15,18,21H2,1H3/p+1. The molecule has 1 rings (SSSR count). The van der Waals surface area contributed by atoms with Gasteiger partial charge in [0, 0.05) is 12.1 Å². The maximum atomic E-state index is 11.4. The lowest BCUT2D eigenvalue weighted by Gasteiger charge is -2.09. The zero-order chi connectivity index (χ0) is 18.9. The monoisotopic (exact) mass is 362 g/mol. The van der Waals surface area contributed by atoms with E-state index in [0.717, 1.165) is 12.8 Å². The van der Waals surface area contributed by atoms with Gasteiger partial charge < -0.3 is 5.11 Å². The van der Waals surface area contributed by atoms with Crippen molar-refractivity contribution in [3.05, 3.63) is 30.6 Å². The van der Waals surface area contributed by atoms with Crippen LogP contribution in [0.1, 0.15) is 96.8 Å². The van der Waals surface area contributed by atoms with E-state index in [1.54, 1.807) is 0 Å². The third kappa shape index (κ3) is 12.1. The molecule has 1 unspecified atom stereocenters. The number of unbranched alkanes of at least 4 members (excludes halogenated alkanes) is 12. The van der Waals surface area contributed by atoms with Crippen LogP contribution < -0.4 is 4.57 Å². The maximum absolute atomic E-state index is 11.4. The van der Waals surface area contributed by atoms with Gasteiger partial charge >= 0.3 is 5.97 Å². The molecule has 3 nitrogen and oxygen atoms in total. The van der Waals surface area contributed by atoms with E-state index >= 15 is 0 Å². The highest BCUT2D eigenvalue weighted by Gasteiger charge is 2.21. The highest BCUT2D eigenvalue weighted by molar-refractivity contribution is 5.69. The second kappa shape index (κ2) is 15.8. The Balaban J connectivity index is 1.96. The maximum Gasteiger partial charge on any atom is 0.312 e. The number of rotatable bonds is 17. The molecule has 0 saturated carbocycles. The average Bonchev–Trinajstić information content (AvgIpc) is 2.65. The Kier molecular flexibility index (Phi) is 13.8. The molecule has 0 radical (unpaired) electrons. The van der Waals surface area contributed by atoms with Gasteiger partial charge in [0.1, 0.15) is 5.92 Å². The molecule has 1 aromatic rings. The van der Waals surface area contributed by atoms with Gasteiger partial charge in [-0.3, -0.25) is 4.79 Å². The first-order valence-corrected chi connectivity index (χ1v) is 10.9. The summed E-state index contributed by atoms with van der Waals surface area (Å²) in [5, 5.41) is 9.41. The van der Waals surface area contributed by atoms with Crippen LogP contribution in [0.2, 0.25) is 0 Å². The third-order valence-electron chi connectivity index (χ3n) is 5.21. The largest absolute Gasteiger partial charge is 0.481 e. The Morgan fingerprint density at radius 1 is 0.769 bits per heavy atom. The van der Waals surface area contributed by atoms with Crippen LogP contribution >= 0.6 is 0 Å². The van der Waals surface area contributed by atoms with Gasteiger partial charge in [0.25, 0.3) is 0 Å². The molecule has 0 aromatic carbocycles. The van der Waals surface area contributed by atoms with Crippen molar-refractivity contribution in [1.82, 2.24) is 0 Å². The van der Waals surface area contributed by atoms with Crippen LogP contribution in [0.4, 0.5) is 0 Å². The second-order valence-electron chi connectivity index (χ2n) is 7.64. The lowest BCUT2D eigenvalue weighted by Crippen LogP contribution is -2.39. The number of aliphatic carboxylic acids is 1. The highest BCUT2D eigenvalue weighted by atomic mass is 16.4. The number of aromatic nitrogens is 1. The van der Waals surface area contributed by atoms with Gasteiger partial charge in [-0.2, -0.15) is 0 Å². The van der Waals surface area contributed by atoms with Crippen molar-refractivity contribution in [3.63, 3.8) is 0 Å². The van der Waals surface area contributed by atoms with Crippen LogP contribution in [-0.2, 0) is 11.3 Å². The predicted octanol–water partition coefficient (Wildman–Crippen LogP) is 6.16. The summed E-state index contributed by atoms with van der Waals surface area (Å²) in [5.74, 6) is -0.935. The number of nitrogens with zero attached hydrogens (tertiary/aromatic N) is 1. The highest BCUT2D eigenvalue weighted by Crippen LogP contribution is 2.15. The molecule has 148 valence electrons. The summed E-state index contributed by atoms with van der Waals surface area (Å²) in [6.45, 7) is 2.85. The minimum Gasteiger partial charge on any atom is -0.481 e.